The quantitative estimate of drug-likeness (QED) is 0.235. The Bertz CT molecular complexity index is 1680. The maximum atomic E-state index is 16.5. The lowest BCUT2D eigenvalue weighted by atomic mass is 9.98. The van der Waals surface area contributed by atoms with Crippen molar-refractivity contribution in [2.24, 2.45) is 0 Å². The van der Waals surface area contributed by atoms with Crippen molar-refractivity contribution in [3.05, 3.63) is 95.3 Å². The molecule has 2 N–H and O–H groups in total. The summed E-state index contributed by atoms with van der Waals surface area (Å²) >= 11 is 0. The van der Waals surface area contributed by atoms with Gasteiger partial charge in [0.1, 0.15) is 17.6 Å². The molecular weight excluding hydrogens is 565 g/mol. The number of carbonyl (C=O) groups is 1. The second kappa shape index (κ2) is 10.6. The Balaban J connectivity index is 1.23. The lowest BCUT2D eigenvalue weighted by molar-refractivity contribution is -0.137. The molecule has 1 aromatic heterocycles. The van der Waals surface area contributed by atoms with Crippen LogP contribution >= 0.6 is 0 Å². The summed E-state index contributed by atoms with van der Waals surface area (Å²) in [4.78, 5) is 11.1. The number of fused-ring (bicyclic) bond motifs is 2. The Morgan fingerprint density at radius 2 is 1.86 bits per heavy atom. The van der Waals surface area contributed by atoms with Gasteiger partial charge in [0.2, 0.25) is 0 Å². The summed E-state index contributed by atoms with van der Waals surface area (Å²) in [5.41, 5.74) is 0.910. The number of nitrogens with zero attached hydrogens (tertiary/aromatic N) is 2. The van der Waals surface area contributed by atoms with Crippen molar-refractivity contribution in [1.82, 2.24) is 9.78 Å². The summed E-state index contributed by atoms with van der Waals surface area (Å²) in [6.07, 6.45) is 1.49. The molecule has 3 aromatic carbocycles. The van der Waals surface area contributed by atoms with Gasteiger partial charge in [-0.05, 0) is 37.6 Å². The van der Waals surface area contributed by atoms with Crippen molar-refractivity contribution in [3.63, 3.8) is 0 Å². The summed E-state index contributed by atoms with van der Waals surface area (Å²) < 4.78 is 65.8. The molecule has 224 valence electrons. The third-order valence-electron chi connectivity index (χ3n) is 7.50. The third-order valence-corrected chi connectivity index (χ3v) is 7.50. The van der Waals surface area contributed by atoms with Gasteiger partial charge in [-0.25, -0.2) is 8.78 Å². The van der Waals surface area contributed by atoms with Crippen molar-refractivity contribution in [2.45, 2.75) is 56.7 Å². The topological polar surface area (TPSA) is 103 Å². The first kappa shape index (κ1) is 28.6. The number of halogens is 3. The number of ether oxygens (including phenoxy) is 3. The van der Waals surface area contributed by atoms with E-state index in [0.29, 0.717) is 22.4 Å². The fourth-order valence-corrected chi connectivity index (χ4v) is 5.64. The predicted octanol–water partition coefficient (Wildman–Crippen LogP) is 6.28. The van der Waals surface area contributed by atoms with E-state index in [-0.39, 0.29) is 48.8 Å². The van der Waals surface area contributed by atoms with E-state index in [0.717, 1.165) is 12.1 Å². The molecule has 0 saturated carbocycles. The van der Waals surface area contributed by atoms with E-state index in [4.69, 9.17) is 19.3 Å². The van der Waals surface area contributed by atoms with Gasteiger partial charge in [-0.1, -0.05) is 30.3 Å². The Morgan fingerprint density at radius 3 is 2.58 bits per heavy atom. The van der Waals surface area contributed by atoms with Crippen molar-refractivity contribution in [3.8, 4) is 28.4 Å². The average molecular weight is 595 g/mol. The average Bonchev–Trinajstić information content (AvgIpc) is 3.62. The first-order valence-corrected chi connectivity index (χ1v) is 13.8. The zero-order valence-electron chi connectivity index (χ0n) is 23.4. The van der Waals surface area contributed by atoms with E-state index >= 15 is 13.2 Å². The van der Waals surface area contributed by atoms with Crippen LogP contribution in [0.1, 0.15) is 55.4 Å². The molecule has 4 aromatic rings. The van der Waals surface area contributed by atoms with Gasteiger partial charge in [0.15, 0.2) is 17.4 Å². The molecule has 0 unspecified atom stereocenters. The molecule has 6 rings (SSSR count). The second-order valence-electron chi connectivity index (χ2n) is 11.5. The highest BCUT2D eigenvalue weighted by molar-refractivity contribution is 5.69. The number of hydrogen-bond acceptors (Lipinski definition) is 6. The molecule has 2 aliphatic rings. The molecule has 3 atom stereocenters. The first-order valence-electron chi connectivity index (χ1n) is 13.8. The van der Waals surface area contributed by atoms with Crippen LogP contribution in [0.15, 0.2) is 67.0 Å². The predicted molar refractivity (Wildman–Crippen MR) is 149 cm³/mol. The minimum Gasteiger partial charge on any atom is -0.492 e. The zero-order valence-corrected chi connectivity index (χ0v) is 23.4. The van der Waals surface area contributed by atoms with Gasteiger partial charge in [0, 0.05) is 40.4 Å². The van der Waals surface area contributed by atoms with Crippen molar-refractivity contribution < 1.29 is 42.4 Å². The van der Waals surface area contributed by atoms with Gasteiger partial charge in [-0.15, -0.1) is 0 Å². The molecule has 0 radical (unpaired) electrons. The zero-order chi connectivity index (χ0) is 30.5. The summed E-state index contributed by atoms with van der Waals surface area (Å²) in [7, 11) is 0. The fraction of sp³-hybridized carbons (Fsp3) is 0.312. The van der Waals surface area contributed by atoms with Crippen LogP contribution < -0.4 is 14.2 Å². The van der Waals surface area contributed by atoms with Crippen molar-refractivity contribution in [2.75, 3.05) is 6.61 Å². The second-order valence-corrected chi connectivity index (χ2v) is 11.5. The molecule has 1 aliphatic carbocycles. The van der Waals surface area contributed by atoms with Gasteiger partial charge in [0.25, 0.3) is 5.85 Å². The number of carboxylic acid groups (broad SMARTS) is 1. The highest BCUT2D eigenvalue weighted by atomic mass is 19.2. The van der Waals surface area contributed by atoms with Gasteiger partial charge < -0.3 is 24.4 Å². The molecule has 8 nitrogen and oxygen atoms in total. The van der Waals surface area contributed by atoms with Crippen LogP contribution in [0, 0.1) is 11.6 Å². The van der Waals surface area contributed by atoms with Gasteiger partial charge in [-0.3, -0.25) is 9.48 Å². The first-order chi connectivity index (χ1) is 20.4. The Hall–Kier alpha value is -4.51. The molecule has 2 heterocycles. The highest BCUT2D eigenvalue weighted by Gasteiger charge is 2.48. The van der Waals surface area contributed by atoms with Crippen LogP contribution in [0.5, 0.6) is 17.2 Å². The third kappa shape index (κ3) is 5.77. The van der Waals surface area contributed by atoms with E-state index in [2.05, 4.69) is 5.10 Å². The summed E-state index contributed by atoms with van der Waals surface area (Å²) in [6, 6.07) is 13.4. The number of carboxylic acids is 1. The van der Waals surface area contributed by atoms with Crippen LogP contribution in [0.2, 0.25) is 0 Å². The van der Waals surface area contributed by atoms with Crippen LogP contribution in [-0.4, -0.2) is 38.2 Å². The minimum absolute atomic E-state index is 0.0908. The molecule has 0 saturated heterocycles. The number of benzene rings is 3. The molecule has 0 amide bonds. The molecule has 0 fully saturated rings. The molecule has 0 spiro atoms. The maximum Gasteiger partial charge on any atom is 0.304 e. The maximum absolute atomic E-state index is 16.5. The van der Waals surface area contributed by atoms with Crippen molar-refractivity contribution in [1.29, 1.82) is 0 Å². The molecule has 1 aliphatic heterocycles. The Morgan fingerprint density at radius 1 is 1.12 bits per heavy atom. The van der Waals surface area contributed by atoms with Crippen LogP contribution in [0.3, 0.4) is 0 Å². The van der Waals surface area contributed by atoms with Gasteiger partial charge >= 0.3 is 5.97 Å². The van der Waals surface area contributed by atoms with E-state index < -0.39 is 40.9 Å². The summed E-state index contributed by atoms with van der Waals surface area (Å²) in [5.74, 6) is -5.65. The van der Waals surface area contributed by atoms with Crippen molar-refractivity contribution >= 4 is 5.97 Å². The number of rotatable bonds is 9. The molecule has 43 heavy (non-hydrogen) atoms. The van der Waals surface area contributed by atoms with E-state index in [9.17, 15) is 9.90 Å². The minimum atomic E-state index is -2.38. The number of aliphatic carboxylic acids is 1. The smallest absolute Gasteiger partial charge is 0.304 e. The molecule has 11 heteroatoms. The number of hydrogen-bond donors (Lipinski definition) is 2. The van der Waals surface area contributed by atoms with Crippen LogP contribution in [-0.2, 0) is 17.2 Å². The fourth-order valence-electron chi connectivity index (χ4n) is 5.64. The molecule has 0 bridgehead atoms. The van der Waals surface area contributed by atoms with Crippen LogP contribution in [0.25, 0.3) is 11.1 Å². The van der Waals surface area contributed by atoms with Gasteiger partial charge in [-0.2, -0.15) is 9.49 Å². The highest BCUT2D eigenvalue weighted by Crippen LogP contribution is 2.50. The van der Waals surface area contributed by atoms with Gasteiger partial charge in [0.05, 0.1) is 37.8 Å². The summed E-state index contributed by atoms with van der Waals surface area (Å²) in [5, 5.41) is 23.3. The standard InChI is InChI=1S/C32H29F3N2O6/c1-31(2,40)17-37-15-20(14-36-37)18-9-25(33)30(26(34)10-18)42-28-13-32(35,24-6-4-3-5-23(24)28)43-21-7-8-22-19(11-29(38)39)16-41-27(22)12-21/h3-10,12,14-15,19,28,40H,11,13,16-17H2,1-2H3,(H,38,39)/t19-,28-,32+/m1/s1. The lowest BCUT2D eigenvalue weighted by Gasteiger charge is -2.23. The Kier molecular flexibility index (Phi) is 7.08. The van der Waals surface area contributed by atoms with E-state index in [1.165, 1.54) is 23.0 Å². The monoisotopic (exact) mass is 594 g/mol. The number of aromatic nitrogens is 2. The lowest BCUT2D eigenvalue weighted by Crippen LogP contribution is -2.26. The molecular formula is C32H29F3N2O6. The van der Waals surface area contributed by atoms with E-state index in [1.807, 2.05) is 0 Å². The number of aliphatic hydroxyl groups is 1. The number of alkyl halides is 1. The Labute approximate surface area is 245 Å². The van der Waals surface area contributed by atoms with E-state index in [1.54, 1.807) is 50.4 Å². The summed E-state index contributed by atoms with van der Waals surface area (Å²) in [6.45, 7) is 3.63. The SMILES string of the molecule is CC(C)(O)Cn1cc(-c2cc(F)c(O[C@@H]3C[C@](F)(Oc4ccc5c(c4)OC[C@H]5CC(=O)O)c4ccccc43)c(F)c2)cn1. The largest absolute Gasteiger partial charge is 0.492 e. The normalized spacial score (nSPS) is 20.8. The van der Waals surface area contributed by atoms with Crippen LogP contribution in [0.4, 0.5) is 13.2 Å².